The molecule has 0 bridgehead atoms. The lowest BCUT2D eigenvalue weighted by Crippen LogP contribution is -2.45. The Labute approximate surface area is 113 Å². The van der Waals surface area contributed by atoms with Gasteiger partial charge in [-0.1, -0.05) is 30.3 Å². The molecule has 19 heavy (non-hydrogen) atoms. The van der Waals surface area contributed by atoms with E-state index in [0.29, 0.717) is 19.7 Å². The highest BCUT2D eigenvalue weighted by Crippen LogP contribution is 2.13. The van der Waals surface area contributed by atoms with Gasteiger partial charge in [0.1, 0.15) is 0 Å². The molecular weight excluding hydrogens is 244 g/mol. The lowest BCUT2D eigenvalue weighted by molar-refractivity contribution is -0.204. The van der Waals surface area contributed by atoms with Crippen molar-refractivity contribution >= 4 is 0 Å². The van der Waals surface area contributed by atoms with E-state index in [1.807, 2.05) is 30.3 Å². The molecule has 1 aliphatic rings. The Kier molecular flexibility index (Phi) is 5.30. The molecule has 1 fully saturated rings. The summed E-state index contributed by atoms with van der Waals surface area (Å²) in [7, 11) is 0. The normalized spacial score (nSPS) is 26.9. The molecule has 0 aliphatic carbocycles. The Morgan fingerprint density at radius 3 is 2.84 bits per heavy atom. The van der Waals surface area contributed by atoms with E-state index in [1.54, 1.807) is 4.90 Å². The second kappa shape index (κ2) is 6.98. The molecule has 2 rings (SSSR count). The Bertz CT molecular complexity index is 374. The molecule has 4 N–H and O–H groups in total. The second-order valence-electron chi connectivity index (χ2n) is 4.99. The predicted molar refractivity (Wildman–Crippen MR) is 72.0 cm³/mol. The Hall–Kier alpha value is -0.980. The molecule has 0 aromatic heterocycles. The molecule has 1 heterocycles. The molecule has 1 saturated heterocycles. The highest BCUT2D eigenvalue weighted by atomic mass is 16.6. The molecule has 3 unspecified atom stereocenters. The molecule has 1 aromatic rings. The van der Waals surface area contributed by atoms with Crippen molar-refractivity contribution in [2.75, 3.05) is 13.1 Å². The van der Waals surface area contributed by atoms with Gasteiger partial charge in [0.05, 0.1) is 12.7 Å². The summed E-state index contributed by atoms with van der Waals surface area (Å²) in [6, 6.07) is 9.47. The fourth-order valence-corrected chi connectivity index (χ4v) is 2.24. The van der Waals surface area contributed by atoms with Gasteiger partial charge in [-0.2, -0.15) is 0 Å². The quantitative estimate of drug-likeness (QED) is 0.681. The van der Waals surface area contributed by atoms with Gasteiger partial charge in [0.15, 0.2) is 0 Å². The van der Waals surface area contributed by atoms with E-state index in [2.05, 4.69) is 0 Å². The van der Waals surface area contributed by atoms with Crippen molar-refractivity contribution in [1.82, 2.24) is 4.90 Å². The number of β-amino-alcohol motifs (C(OH)–C–C–N with tert-alkyl or cyclic N) is 1. The minimum atomic E-state index is -1.000. The number of hydrogen-bond donors (Lipinski definition) is 3. The molecular formula is C14H22N2O3. The molecule has 5 nitrogen and oxygen atoms in total. The van der Waals surface area contributed by atoms with E-state index in [1.165, 1.54) is 0 Å². The van der Waals surface area contributed by atoms with Crippen LogP contribution in [0.2, 0.25) is 0 Å². The Balaban J connectivity index is 1.83. The van der Waals surface area contributed by atoms with E-state index in [0.717, 1.165) is 18.4 Å². The van der Waals surface area contributed by atoms with Gasteiger partial charge in [-0.05, 0) is 18.4 Å². The highest BCUT2D eigenvalue weighted by Gasteiger charge is 2.26. The summed E-state index contributed by atoms with van der Waals surface area (Å²) in [6.45, 7) is 1.37. The number of nitrogens with two attached hydrogens (primary N) is 1. The number of ether oxygens (including phenoxy) is 1. The van der Waals surface area contributed by atoms with Gasteiger partial charge in [0.2, 0.25) is 6.41 Å². The van der Waals surface area contributed by atoms with Crippen molar-refractivity contribution in [3.8, 4) is 0 Å². The van der Waals surface area contributed by atoms with Crippen LogP contribution >= 0.6 is 0 Å². The van der Waals surface area contributed by atoms with Gasteiger partial charge in [0, 0.05) is 19.1 Å². The van der Waals surface area contributed by atoms with Gasteiger partial charge < -0.3 is 20.7 Å². The van der Waals surface area contributed by atoms with E-state index >= 15 is 0 Å². The van der Waals surface area contributed by atoms with Crippen molar-refractivity contribution in [3.63, 3.8) is 0 Å². The highest BCUT2D eigenvalue weighted by molar-refractivity contribution is 5.13. The van der Waals surface area contributed by atoms with Crippen molar-refractivity contribution in [3.05, 3.63) is 35.9 Å². The van der Waals surface area contributed by atoms with Gasteiger partial charge >= 0.3 is 0 Å². The molecule has 0 saturated carbocycles. The van der Waals surface area contributed by atoms with Crippen LogP contribution in [0.25, 0.3) is 0 Å². The average molecular weight is 266 g/mol. The van der Waals surface area contributed by atoms with Crippen LogP contribution in [0.3, 0.4) is 0 Å². The SMILES string of the molecule is NC1CCCN(C(O)OCc2ccccc2)CC1O. The monoisotopic (exact) mass is 266 g/mol. The minimum absolute atomic E-state index is 0.216. The summed E-state index contributed by atoms with van der Waals surface area (Å²) in [5, 5.41) is 19.8. The van der Waals surface area contributed by atoms with Crippen LogP contribution in [-0.4, -0.2) is 46.8 Å². The van der Waals surface area contributed by atoms with E-state index in [-0.39, 0.29) is 6.04 Å². The van der Waals surface area contributed by atoms with Crippen molar-refractivity contribution in [2.45, 2.75) is 38.0 Å². The molecule has 0 amide bonds. The van der Waals surface area contributed by atoms with Crippen molar-refractivity contribution < 1.29 is 14.9 Å². The molecule has 0 spiro atoms. The first-order valence-corrected chi connectivity index (χ1v) is 6.68. The predicted octanol–water partition coefficient (Wildman–Crippen LogP) is 0.263. The number of hydrogen-bond acceptors (Lipinski definition) is 5. The maximum absolute atomic E-state index is 10.0. The first-order chi connectivity index (χ1) is 9.16. The standard InChI is InChI=1S/C14H22N2O3/c15-12-7-4-8-16(9-13(12)17)14(18)19-10-11-5-2-1-3-6-11/h1-3,5-6,12-14,17-18H,4,7-10,15H2. The largest absolute Gasteiger partial charge is 0.390 e. The van der Waals surface area contributed by atoms with Crippen molar-refractivity contribution in [2.24, 2.45) is 5.73 Å². The third-order valence-electron chi connectivity index (χ3n) is 3.45. The van der Waals surface area contributed by atoms with Gasteiger partial charge in [-0.25, -0.2) is 0 Å². The van der Waals surface area contributed by atoms with Crippen LogP contribution in [0.15, 0.2) is 30.3 Å². The second-order valence-corrected chi connectivity index (χ2v) is 4.99. The fraction of sp³-hybridized carbons (Fsp3) is 0.571. The number of aliphatic hydroxyl groups is 2. The molecule has 1 aromatic carbocycles. The van der Waals surface area contributed by atoms with Crippen LogP contribution in [0.5, 0.6) is 0 Å². The van der Waals surface area contributed by atoms with Crippen LogP contribution in [0.1, 0.15) is 18.4 Å². The number of nitrogens with zero attached hydrogens (tertiary/aromatic N) is 1. The summed E-state index contributed by atoms with van der Waals surface area (Å²) < 4.78 is 5.44. The summed E-state index contributed by atoms with van der Waals surface area (Å²) in [5.41, 5.74) is 6.81. The Morgan fingerprint density at radius 2 is 2.11 bits per heavy atom. The zero-order chi connectivity index (χ0) is 13.7. The van der Waals surface area contributed by atoms with Crippen LogP contribution < -0.4 is 5.73 Å². The first-order valence-electron chi connectivity index (χ1n) is 6.68. The fourth-order valence-electron chi connectivity index (χ4n) is 2.24. The van der Waals surface area contributed by atoms with Crippen LogP contribution in [0.4, 0.5) is 0 Å². The van der Waals surface area contributed by atoms with E-state index in [9.17, 15) is 10.2 Å². The maximum atomic E-state index is 10.0. The van der Waals surface area contributed by atoms with Crippen LogP contribution in [-0.2, 0) is 11.3 Å². The summed E-state index contributed by atoms with van der Waals surface area (Å²) in [4.78, 5) is 1.72. The van der Waals surface area contributed by atoms with Gasteiger partial charge in [-0.15, -0.1) is 0 Å². The summed E-state index contributed by atoms with van der Waals surface area (Å²) in [6.07, 6.45) is 0.00481. The molecule has 1 aliphatic heterocycles. The van der Waals surface area contributed by atoms with Gasteiger partial charge in [0.25, 0.3) is 0 Å². The van der Waals surface area contributed by atoms with Crippen LogP contribution in [0, 0.1) is 0 Å². The average Bonchev–Trinajstić information content (AvgIpc) is 2.60. The maximum Gasteiger partial charge on any atom is 0.216 e. The molecule has 3 atom stereocenters. The number of likely N-dealkylation sites (tertiary alicyclic amines) is 1. The molecule has 0 radical (unpaired) electrons. The van der Waals surface area contributed by atoms with Crippen molar-refractivity contribution in [1.29, 1.82) is 0 Å². The number of benzene rings is 1. The van der Waals surface area contributed by atoms with E-state index < -0.39 is 12.5 Å². The zero-order valence-electron chi connectivity index (χ0n) is 11.0. The molecule has 106 valence electrons. The number of rotatable bonds is 4. The van der Waals surface area contributed by atoms with Gasteiger partial charge in [-0.3, -0.25) is 4.90 Å². The minimum Gasteiger partial charge on any atom is -0.390 e. The lowest BCUT2D eigenvalue weighted by atomic mass is 10.1. The Morgan fingerprint density at radius 1 is 1.37 bits per heavy atom. The zero-order valence-corrected chi connectivity index (χ0v) is 11.0. The third kappa shape index (κ3) is 4.26. The summed E-state index contributed by atoms with van der Waals surface area (Å²) in [5.74, 6) is 0. The van der Waals surface area contributed by atoms with E-state index in [4.69, 9.17) is 10.5 Å². The summed E-state index contributed by atoms with van der Waals surface area (Å²) >= 11 is 0. The number of aliphatic hydroxyl groups excluding tert-OH is 2. The topological polar surface area (TPSA) is 79.0 Å². The molecule has 5 heteroatoms. The first kappa shape index (κ1) is 14.4. The lowest BCUT2D eigenvalue weighted by Gasteiger charge is -2.27. The smallest absolute Gasteiger partial charge is 0.216 e. The third-order valence-corrected chi connectivity index (χ3v) is 3.45.